The maximum Gasteiger partial charge on any atom is 0.221 e. The van der Waals surface area contributed by atoms with E-state index >= 15 is 0 Å². The Labute approximate surface area is 93.8 Å². The summed E-state index contributed by atoms with van der Waals surface area (Å²) in [5, 5.41) is 2.69. The standard InChI is InChI=1S/C13H23NO/c1-5-9-14-13(15)10-12(4)8-6-7-11(2)3/h1,11-12H,6-10H2,2-4H3,(H,14,15)/t12-/m1/s1. The van der Waals surface area contributed by atoms with E-state index in [1.54, 1.807) is 0 Å². The van der Waals surface area contributed by atoms with Crippen LogP contribution < -0.4 is 5.32 Å². The Kier molecular flexibility index (Phi) is 7.81. The minimum Gasteiger partial charge on any atom is -0.345 e. The number of rotatable bonds is 7. The molecule has 86 valence electrons. The highest BCUT2D eigenvalue weighted by atomic mass is 16.1. The lowest BCUT2D eigenvalue weighted by atomic mass is 9.97. The fourth-order valence-electron chi connectivity index (χ4n) is 1.51. The lowest BCUT2D eigenvalue weighted by Gasteiger charge is -2.11. The highest BCUT2D eigenvalue weighted by Gasteiger charge is 2.08. The van der Waals surface area contributed by atoms with Crippen molar-refractivity contribution in [1.29, 1.82) is 0 Å². The molecule has 0 saturated heterocycles. The first-order valence-electron chi connectivity index (χ1n) is 5.76. The van der Waals surface area contributed by atoms with Gasteiger partial charge in [-0.1, -0.05) is 46.0 Å². The molecule has 2 nitrogen and oxygen atoms in total. The molecule has 0 radical (unpaired) electrons. The molecule has 0 aliphatic carbocycles. The zero-order valence-electron chi connectivity index (χ0n) is 10.2. The van der Waals surface area contributed by atoms with Crippen LogP contribution in [-0.2, 0) is 4.79 Å². The number of carbonyl (C=O) groups excluding carboxylic acids is 1. The van der Waals surface area contributed by atoms with Gasteiger partial charge in [-0.15, -0.1) is 6.42 Å². The van der Waals surface area contributed by atoms with Gasteiger partial charge in [-0.3, -0.25) is 4.79 Å². The Bertz CT molecular complexity index is 215. The molecule has 0 aliphatic heterocycles. The average molecular weight is 209 g/mol. The summed E-state index contributed by atoms with van der Waals surface area (Å²) in [7, 11) is 0. The highest BCUT2D eigenvalue weighted by Crippen LogP contribution is 2.14. The van der Waals surface area contributed by atoms with E-state index in [4.69, 9.17) is 6.42 Å². The predicted octanol–water partition coefficient (Wildman–Crippen LogP) is 2.59. The van der Waals surface area contributed by atoms with Crippen LogP contribution in [0.4, 0.5) is 0 Å². The van der Waals surface area contributed by atoms with Crippen molar-refractivity contribution in [2.24, 2.45) is 11.8 Å². The van der Waals surface area contributed by atoms with Gasteiger partial charge in [0.05, 0.1) is 6.54 Å². The third-order valence-corrected chi connectivity index (χ3v) is 2.40. The molecule has 0 aromatic rings. The van der Waals surface area contributed by atoms with Gasteiger partial charge in [0.1, 0.15) is 0 Å². The summed E-state index contributed by atoms with van der Waals surface area (Å²) in [5.41, 5.74) is 0. The van der Waals surface area contributed by atoms with Crippen molar-refractivity contribution in [3.05, 3.63) is 0 Å². The summed E-state index contributed by atoms with van der Waals surface area (Å²) in [5.74, 6) is 3.69. The Balaban J connectivity index is 3.51. The Hall–Kier alpha value is -0.970. The normalized spacial score (nSPS) is 12.2. The van der Waals surface area contributed by atoms with E-state index in [1.165, 1.54) is 12.8 Å². The Morgan fingerprint density at radius 1 is 1.33 bits per heavy atom. The molecule has 15 heavy (non-hydrogen) atoms. The molecule has 0 unspecified atom stereocenters. The van der Waals surface area contributed by atoms with Crippen molar-refractivity contribution in [1.82, 2.24) is 5.32 Å². The summed E-state index contributed by atoms with van der Waals surface area (Å²) < 4.78 is 0. The van der Waals surface area contributed by atoms with E-state index < -0.39 is 0 Å². The molecule has 0 saturated carbocycles. The van der Waals surface area contributed by atoms with Gasteiger partial charge >= 0.3 is 0 Å². The minimum atomic E-state index is 0.0741. The largest absolute Gasteiger partial charge is 0.345 e. The lowest BCUT2D eigenvalue weighted by molar-refractivity contribution is -0.121. The Morgan fingerprint density at radius 2 is 2.00 bits per heavy atom. The smallest absolute Gasteiger partial charge is 0.221 e. The summed E-state index contributed by atoms with van der Waals surface area (Å²) in [6.07, 6.45) is 9.24. The SMILES string of the molecule is C#CCNC(=O)C[C@H](C)CCCC(C)C. The van der Waals surface area contributed by atoms with Crippen molar-refractivity contribution in [2.75, 3.05) is 6.54 Å². The molecule has 1 N–H and O–H groups in total. The summed E-state index contributed by atoms with van der Waals surface area (Å²) in [6, 6.07) is 0. The second-order valence-electron chi connectivity index (χ2n) is 4.61. The number of nitrogens with one attached hydrogen (secondary N) is 1. The number of hydrogen-bond donors (Lipinski definition) is 1. The average Bonchev–Trinajstić information content (AvgIpc) is 2.14. The number of terminal acetylenes is 1. The molecule has 2 heteroatoms. The van der Waals surface area contributed by atoms with Crippen molar-refractivity contribution in [2.45, 2.75) is 46.5 Å². The van der Waals surface area contributed by atoms with Crippen LogP contribution in [0, 0.1) is 24.2 Å². The molecular weight excluding hydrogens is 186 g/mol. The minimum absolute atomic E-state index is 0.0741. The maximum absolute atomic E-state index is 11.3. The molecule has 1 amide bonds. The van der Waals surface area contributed by atoms with E-state index in [-0.39, 0.29) is 5.91 Å². The highest BCUT2D eigenvalue weighted by molar-refractivity contribution is 5.76. The first-order valence-corrected chi connectivity index (χ1v) is 5.76. The molecular formula is C13H23NO. The van der Waals surface area contributed by atoms with Gasteiger partial charge in [0.2, 0.25) is 5.91 Å². The third-order valence-electron chi connectivity index (χ3n) is 2.40. The van der Waals surface area contributed by atoms with Crippen LogP contribution in [0.5, 0.6) is 0 Å². The lowest BCUT2D eigenvalue weighted by Crippen LogP contribution is -2.25. The van der Waals surface area contributed by atoms with Gasteiger partial charge in [-0.05, 0) is 11.8 Å². The van der Waals surface area contributed by atoms with Crippen molar-refractivity contribution in [3.63, 3.8) is 0 Å². The molecule has 0 fully saturated rings. The van der Waals surface area contributed by atoms with Crippen LogP contribution in [-0.4, -0.2) is 12.5 Å². The van der Waals surface area contributed by atoms with Crippen molar-refractivity contribution < 1.29 is 4.79 Å². The van der Waals surface area contributed by atoms with Crippen LogP contribution in [0.15, 0.2) is 0 Å². The van der Waals surface area contributed by atoms with Crippen molar-refractivity contribution in [3.8, 4) is 12.3 Å². The molecule has 0 spiro atoms. The van der Waals surface area contributed by atoms with Crippen LogP contribution in [0.25, 0.3) is 0 Å². The fraction of sp³-hybridized carbons (Fsp3) is 0.769. The number of carbonyl (C=O) groups is 1. The Morgan fingerprint density at radius 3 is 2.53 bits per heavy atom. The third kappa shape index (κ3) is 9.34. The van der Waals surface area contributed by atoms with Crippen LogP contribution in [0.2, 0.25) is 0 Å². The van der Waals surface area contributed by atoms with E-state index in [0.29, 0.717) is 18.9 Å². The van der Waals surface area contributed by atoms with Gasteiger partial charge in [0.25, 0.3) is 0 Å². The summed E-state index contributed by atoms with van der Waals surface area (Å²) >= 11 is 0. The second kappa shape index (κ2) is 8.35. The molecule has 1 atom stereocenters. The molecule has 0 rings (SSSR count). The van der Waals surface area contributed by atoms with Crippen LogP contribution >= 0.6 is 0 Å². The zero-order chi connectivity index (χ0) is 11.7. The zero-order valence-corrected chi connectivity index (χ0v) is 10.2. The topological polar surface area (TPSA) is 29.1 Å². The second-order valence-corrected chi connectivity index (χ2v) is 4.61. The molecule has 0 heterocycles. The van der Waals surface area contributed by atoms with E-state index in [9.17, 15) is 4.79 Å². The summed E-state index contributed by atoms with van der Waals surface area (Å²) in [6.45, 7) is 6.92. The quantitative estimate of drug-likeness (QED) is 0.642. The molecule has 0 aromatic heterocycles. The van der Waals surface area contributed by atoms with Crippen LogP contribution in [0.1, 0.15) is 46.5 Å². The van der Waals surface area contributed by atoms with Crippen LogP contribution in [0.3, 0.4) is 0 Å². The van der Waals surface area contributed by atoms with Gasteiger partial charge in [-0.2, -0.15) is 0 Å². The first-order chi connectivity index (χ1) is 7.06. The molecule has 0 aliphatic rings. The maximum atomic E-state index is 11.3. The number of hydrogen-bond acceptors (Lipinski definition) is 1. The van der Waals surface area contributed by atoms with E-state index in [2.05, 4.69) is 32.0 Å². The van der Waals surface area contributed by atoms with E-state index in [1.807, 2.05) is 0 Å². The molecule has 0 bridgehead atoms. The number of amides is 1. The fourth-order valence-corrected chi connectivity index (χ4v) is 1.51. The molecule has 0 aromatic carbocycles. The predicted molar refractivity (Wildman–Crippen MR) is 64.3 cm³/mol. The van der Waals surface area contributed by atoms with Gasteiger partial charge in [0, 0.05) is 6.42 Å². The monoisotopic (exact) mass is 209 g/mol. The van der Waals surface area contributed by atoms with Gasteiger partial charge in [-0.25, -0.2) is 0 Å². The summed E-state index contributed by atoms with van der Waals surface area (Å²) in [4.78, 5) is 11.3. The van der Waals surface area contributed by atoms with Gasteiger partial charge < -0.3 is 5.32 Å². The van der Waals surface area contributed by atoms with Gasteiger partial charge in [0.15, 0.2) is 0 Å². The first kappa shape index (κ1) is 14.0. The van der Waals surface area contributed by atoms with E-state index in [0.717, 1.165) is 12.3 Å². The van der Waals surface area contributed by atoms with Crippen molar-refractivity contribution >= 4 is 5.91 Å².